The Balaban J connectivity index is 1.69. The first-order valence-corrected chi connectivity index (χ1v) is 7.75. The van der Waals surface area contributed by atoms with Crippen LogP contribution in [0.5, 0.6) is 0 Å². The molecule has 1 aliphatic carbocycles. The Bertz CT molecular complexity index is 653. The number of carbonyl (C=O) groups excluding carboxylic acids is 1. The van der Waals surface area contributed by atoms with Gasteiger partial charge in [-0.05, 0) is 30.0 Å². The Morgan fingerprint density at radius 3 is 2.32 bits per heavy atom. The normalized spacial score (nSPS) is 21.7. The summed E-state index contributed by atoms with van der Waals surface area (Å²) in [6.07, 6.45) is 0.757. The molecule has 2 aromatic carbocycles. The van der Waals surface area contributed by atoms with E-state index in [-0.39, 0.29) is 17.9 Å². The number of carbonyl (C=O) groups is 1. The summed E-state index contributed by atoms with van der Waals surface area (Å²) < 4.78 is 0. The highest BCUT2D eigenvalue weighted by Gasteiger charge is 2.29. The van der Waals surface area contributed by atoms with Crippen molar-refractivity contribution in [2.45, 2.75) is 37.8 Å². The van der Waals surface area contributed by atoms with Gasteiger partial charge in [-0.25, -0.2) is 0 Å². The van der Waals surface area contributed by atoms with Crippen molar-refractivity contribution in [2.24, 2.45) is 0 Å². The number of aliphatic hydroxyl groups is 1. The van der Waals surface area contributed by atoms with E-state index in [2.05, 4.69) is 11.4 Å². The molecule has 0 fully saturated rings. The summed E-state index contributed by atoms with van der Waals surface area (Å²) in [6.45, 7) is 1.90. The van der Waals surface area contributed by atoms with Gasteiger partial charge in [-0.3, -0.25) is 4.79 Å². The zero-order chi connectivity index (χ0) is 15.5. The van der Waals surface area contributed by atoms with Gasteiger partial charge in [-0.2, -0.15) is 0 Å². The second-order valence-corrected chi connectivity index (χ2v) is 5.99. The first kappa shape index (κ1) is 14.8. The maximum Gasteiger partial charge on any atom is 0.227 e. The van der Waals surface area contributed by atoms with Gasteiger partial charge in [0.25, 0.3) is 0 Å². The average molecular weight is 295 g/mol. The zero-order valence-electron chi connectivity index (χ0n) is 12.7. The van der Waals surface area contributed by atoms with Crippen molar-refractivity contribution >= 4 is 5.91 Å². The number of hydrogen-bond acceptors (Lipinski definition) is 2. The predicted octanol–water partition coefficient (Wildman–Crippen LogP) is 2.43. The summed E-state index contributed by atoms with van der Waals surface area (Å²) in [4.78, 5) is 12.4. The van der Waals surface area contributed by atoms with Crippen LogP contribution in [0.1, 0.15) is 29.5 Å². The third kappa shape index (κ3) is 3.04. The Kier molecular flexibility index (Phi) is 4.25. The fourth-order valence-corrected chi connectivity index (χ4v) is 3.04. The van der Waals surface area contributed by atoms with Gasteiger partial charge in [0, 0.05) is 6.42 Å². The van der Waals surface area contributed by atoms with E-state index in [0.29, 0.717) is 12.8 Å². The molecule has 0 aliphatic heterocycles. The molecule has 3 atom stereocenters. The largest absolute Gasteiger partial charge is 0.391 e. The van der Waals surface area contributed by atoms with Gasteiger partial charge in [0.1, 0.15) is 0 Å². The predicted molar refractivity (Wildman–Crippen MR) is 86.6 cm³/mol. The van der Waals surface area contributed by atoms with Crippen LogP contribution in [-0.2, 0) is 17.6 Å². The quantitative estimate of drug-likeness (QED) is 0.913. The molecule has 114 valence electrons. The van der Waals surface area contributed by atoms with Gasteiger partial charge < -0.3 is 10.4 Å². The molecule has 3 heteroatoms. The fraction of sp³-hybridized carbons (Fsp3) is 0.316. The third-order valence-electron chi connectivity index (χ3n) is 4.47. The summed E-state index contributed by atoms with van der Waals surface area (Å²) in [5, 5.41) is 13.3. The SMILES string of the molecule is C[C@@H](C(=O)N[C@H]1Cc2ccccc2C[C@@H]1O)c1ccccc1. The van der Waals surface area contributed by atoms with Gasteiger partial charge in [0.15, 0.2) is 0 Å². The molecule has 2 N–H and O–H groups in total. The number of nitrogens with one attached hydrogen (secondary N) is 1. The number of aliphatic hydroxyl groups excluding tert-OH is 1. The Morgan fingerprint density at radius 2 is 1.64 bits per heavy atom. The van der Waals surface area contributed by atoms with Crippen molar-refractivity contribution in [1.29, 1.82) is 0 Å². The molecule has 3 rings (SSSR count). The van der Waals surface area contributed by atoms with E-state index in [1.54, 1.807) is 0 Å². The molecule has 0 saturated heterocycles. The van der Waals surface area contributed by atoms with E-state index < -0.39 is 6.10 Å². The highest BCUT2D eigenvalue weighted by Crippen LogP contribution is 2.23. The van der Waals surface area contributed by atoms with E-state index in [4.69, 9.17) is 0 Å². The molecule has 1 aliphatic rings. The summed E-state index contributed by atoms with van der Waals surface area (Å²) >= 11 is 0. The van der Waals surface area contributed by atoms with Crippen molar-refractivity contribution in [3.8, 4) is 0 Å². The number of benzene rings is 2. The fourth-order valence-electron chi connectivity index (χ4n) is 3.04. The topological polar surface area (TPSA) is 49.3 Å². The van der Waals surface area contributed by atoms with Gasteiger partial charge in [-0.15, -0.1) is 0 Å². The van der Waals surface area contributed by atoms with E-state index in [1.807, 2.05) is 55.5 Å². The van der Waals surface area contributed by atoms with Gasteiger partial charge in [-0.1, -0.05) is 54.6 Å². The van der Waals surface area contributed by atoms with Crippen molar-refractivity contribution in [3.05, 3.63) is 71.3 Å². The number of hydrogen-bond donors (Lipinski definition) is 2. The lowest BCUT2D eigenvalue weighted by Crippen LogP contribution is -2.49. The number of amides is 1. The Hall–Kier alpha value is -2.13. The minimum atomic E-state index is -0.526. The van der Waals surface area contributed by atoms with E-state index in [0.717, 1.165) is 5.56 Å². The van der Waals surface area contributed by atoms with Crippen molar-refractivity contribution < 1.29 is 9.90 Å². The van der Waals surface area contributed by atoms with Crippen LogP contribution in [0.3, 0.4) is 0 Å². The first-order chi connectivity index (χ1) is 10.6. The van der Waals surface area contributed by atoms with Crippen LogP contribution >= 0.6 is 0 Å². The molecule has 0 saturated carbocycles. The van der Waals surface area contributed by atoms with Crippen molar-refractivity contribution in [1.82, 2.24) is 5.32 Å². The smallest absolute Gasteiger partial charge is 0.227 e. The van der Waals surface area contributed by atoms with Gasteiger partial charge in [0.05, 0.1) is 18.1 Å². The maximum atomic E-state index is 12.4. The standard InChI is InChI=1S/C19H21NO2/c1-13(14-7-3-2-4-8-14)19(22)20-17-11-15-9-5-6-10-16(15)12-18(17)21/h2-10,13,17-18,21H,11-12H2,1H3,(H,20,22)/t13-,17+,18+/m1/s1. The molecule has 0 unspecified atom stereocenters. The van der Waals surface area contributed by atoms with E-state index in [1.165, 1.54) is 11.1 Å². The summed E-state index contributed by atoms with van der Waals surface area (Å²) in [5.41, 5.74) is 3.38. The van der Waals surface area contributed by atoms with Gasteiger partial charge >= 0.3 is 0 Å². The molecule has 3 nitrogen and oxygen atoms in total. The number of rotatable bonds is 3. The zero-order valence-corrected chi connectivity index (χ0v) is 12.7. The molecule has 0 bridgehead atoms. The summed E-state index contributed by atoms with van der Waals surface area (Å²) in [7, 11) is 0. The summed E-state index contributed by atoms with van der Waals surface area (Å²) in [5.74, 6) is -0.250. The molecule has 0 aromatic heterocycles. The molecule has 2 aromatic rings. The van der Waals surface area contributed by atoms with Crippen LogP contribution < -0.4 is 5.32 Å². The van der Waals surface area contributed by atoms with Crippen LogP contribution in [0.15, 0.2) is 54.6 Å². The van der Waals surface area contributed by atoms with Crippen LogP contribution in [-0.4, -0.2) is 23.2 Å². The molecule has 0 radical (unpaired) electrons. The molecular weight excluding hydrogens is 274 g/mol. The lowest BCUT2D eigenvalue weighted by Gasteiger charge is -2.31. The minimum absolute atomic E-state index is 0.0327. The van der Waals surface area contributed by atoms with Crippen LogP contribution in [0.4, 0.5) is 0 Å². The van der Waals surface area contributed by atoms with Crippen molar-refractivity contribution in [2.75, 3.05) is 0 Å². The summed E-state index contributed by atoms with van der Waals surface area (Å²) in [6, 6.07) is 17.6. The molecule has 22 heavy (non-hydrogen) atoms. The second kappa shape index (κ2) is 6.32. The molecule has 1 amide bonds. The van der Waals surface area contributed by atoms with Crippen LogP contribution in [0, 0.1) is 0 Å². The lowest BCUT2D eigenvalue weighted by atomic mass is 9.86. The van der Waals surface area contributed by atoms with Gasteiger partial charge in [0.2, 0.25) is 5.91 Å². The monoisotopic (exact) mass is 295 g/mol. The lowest BCUT2D eigenvalue weighted by molar-refractivity contribution is -0.123. The number of fused-ring (bicyclic) bond motifs is 1. The van der Waals surface area contributed by atoms with E-state index >= 15 is 0 Å². The molecular formula is C19H21NO2. The minimum Gasteiger partial charge on any atom is -0.391 e. The highest BCUT2D eigenvalue weighted by atomic mass is 16.3. The van der Waals surface area contributed by atoms with E-state index in [9.17, 15) is 9.90 Å². The third-order valence-corrected chi connectivity index (χ3v) is 4.47. The van der Waals surface area contributed by atoms with Crippen LogP contribution in [0.2, 0.25) is 0 Å². The Labute approximate surface area is 131 Å². The first-order valence-electron chi connectivity index (χ1n) is 7.75. The molecule has 0 spiro atoms. The average Bonchev–Trinajstić information content (AvgIpc) is 2.55. The highest BCUT2D eigenvalue weighted by molar-refractivity contribution is 5.83. The molecule has 0 heterocycles. The second-order valence-electron chi connectivity index (χ2n) is 5.99. The van der Waals surface area contributed by atoms with Crippen molar-refractivity contribution in [3.63, 3.8) is 0 Å². The van der Waals surface area contributed by atoms with Crippen LogP contribution in [0.25, 0.3) is 0 Å². The maximum absolute atomic E-state index is 12.4. The Morgan fingerprint density at radius 1 is 1.05 bits per heavy atom.